The van der Waals surface area contributed by atoms with Crippen LogP contribution in [-0.4, -0.2) is 54.3 Å². The number of sulfonamides is 1. The monoisotopic (exact) mass is 407 g/mol. The molecule has 2 aliphatic heterocycles. The fourth-order valence-electron chi connectivity index (χ4n) is 4.12. The molecule has 0 radical (unpaired) electrons. The molecule has 28 heavy (non-hydrogen) atoms. The largest absolute Gasteiger partial charge is 0.419 e. The van der Waals surface area contributed by atoms with Crippen molar-refractivity contribution in [2.75, 3.05) is 26.2 Å². The van der Waals surface area contributed by atoms with E-state index in [2.05, 4.69) is 0 Å². The Morgan fingerprint density at radius 1 is 1.14 bits per heavy atom. The van der Waals surface area contributed by atoms with Crippen molar-refractivity contribution in [3.63, 3.8) is 0 Å². The van der Waals surface area contributed by atoms with Crippen LogP contribution in [0, 0.1) is 5.92 Å². The number of aryl methyl sites for hydroxylation is 1. The summed E-state index contributed by atoms with van der Waals surface area (Å²) in [6, 6.07) is 4.51. The second kappa shape index (κ2) is 7.36. The Morgan fingerprint density at radius 3 is 2.50 bits per heavy atom. The molecule has 0 atom stereocenters. The molecule has 0 saturated carbocycles. The Balaban J connectivity index is 1.43. The first-order chi connectivity index (χ1) is 13.4. The molecule has 0 N–H and O–H groups in total. The molecule has 0 spiro atoms. The summed E-state index contributed by atoms with van der Waals surface area (Å²) < 4.78 is 33.9. The number of hydrogen-bond acceptors (Lipinski definition) is 5. The van der Waals surface area contributed by atoms with E-state index >= 15 is 0 Å². The van der Waals surface area contributed by atoms with E-state index < -0.39 is 15.8 Å². The lowest BCUT2D eigenvalue weighted by atomic mass is 9.94. The van der Waals surface area contributed by atoms with Gasteiger partial charge in [0.2, 0.25) is 15.9 Å². The summed E-state index contributed by atoms with van der Waals surface area (Å²) in [4.78, 5) is 26.0. The minimum atomic E-state index is -3.66. The van der Waals surface area contributed by atoms with E-state index in [9.17, 15) is 18.0 Å². The summed E-state index contributed by atoms with van der Waals surface area (Å²) in [7, 11) is -2.08. The highest BCUT2D eigenvalue weighted by molar-refractivity contribution is 7.89. The molecular weight excluding hydrogens is 382 g/mol. The number of benzene rings is 1. The van der Waals surface area contributed by atoms with E-state index in [4.69, 9.17) is 4.42 Å². The molecule has 4 rings (SSSR count). The number of fused-ring (bicyclic) bond motifs is 1. The van der Waals surface area contributed by atoms with Gasteiger partial charge in [-0.3, -0.25) is 9.36 Å². The molecule has 2 aromatic rings. The first-order valence-electron chi connectivity index (χ1n) is 9.74. The van der Waals surface area contributed by atoms with Crippen molar-refractivity contribution in [2.45, 2.75) is 37.0 Å². The fourth-order valence-corrected chi connectivity index (χ4v) is 5.61. The minimum Gasteiger partial charge on any atom is -0.408 e. The fraction of sp³-hybridized carbons (Fsp3) is 0.579. The van der Waals surface area contributed by atoms with Crippen LogP contribution in [0.3, 0.4) is 0 Å². The third kappa shape index (κ3) is 3.48. The average molecular weight is 407 g/mol. The molecule has 1 amide bonds. The van der Waals surface area contributed by atoms with E-state index in [1.807, 2.05) is 4.90 Å². The molecule has 2 saturated heterocycles. The van der Waals surface area contributed by atoms with Crippen molar-refractivity contribution in [3.05, 3.63) is 28.7 Å². The van der Waals surface area contributed by atoms with Crippen LogP contribution in [0.2, 0.25) is 0 Å². The molecule has 3 heterocycles. The average Bonchev–Trinajstić information content (AvgIpc) is 3.31. The predicted octanol–water partition coefficient (Wildman–Crippen LogP) is 1.54. The number of amides is 1. The Labute approximate surface area is 163 Å². The van der Waals surface area contributed by atoms with Crippen LogP contribution in [0.1, 0.15) is 32.1 Å². The zero-order valence-corrected chi connectivity index (χ0v) is 16.8. The van der Waals surface area contributed by atoms with Gasteiger partial charge in [-0.25, -0.2) is 13.2 Å². The summed E-state index contributed by atoms with van der Waals surface area (Å²) in [5, 5.41) is 0. The van der Waals surface area contributed by atoms with Crippen LogP contribution < -0.4 is 5.76 Å². The first-order valence-corrected chi connectivity index (χ1v) is 11.2. The Bertz CT molecular complexity index is 1040. The van der Waals surface area contributed by atoms with Crippen molar-refractivity contribution in [3.8, 4) is 0 Å². The molecule has 0 bridgehead atoms. The first kappa shape index (κ1) is 19.2. The van der Waals surface area contributed by atoms with Crippen LogP contribution in [0.15, 0.2) is 32.3 Å². The van der Waals surface area contributed by atoms with Gasteiger partial charge < -0.3 is 9.32 Å². The molecule has 9 heteroatoms. The molecule has 1 aromatic carbocycles. The molecule has 0 unspecified atom stereocenters. The number of aromatic nitrogens is 1. The highest BCUT2D eigenvalue weighted by atomic mass is 32.2. The van der Waals surface area contributed by atoms with Gasteiger partial charge in [-0.15, -0.1) is 0 Å². The second-order valence-corrected chi connectivity index (χ2v) is 9.63. The van der Waals surface area contributed by atoms with E-state index in [0.29, 0.717) is 37.9 Å². The quantitative estimate of drug-likeness (QED) is 0.767. The lowest BCUT2D eigenvalue weighted by Gasteiger charge is -2.31. The molecule has 0 aliphatic carbocycles. The van der Waals surface area contributed by atoms with Crippen LogP contribution in [-0.2, 0) is 21.9 Å². The lowest BCUT2D eigenvalue weighted by molar-refractivity contribution is -0.131. The summed E-state index contributed by atoms with van der Waals surface area (Å²) in [5.74, 6) is -0.0921. The van der Waals surface area contributed by atoms with Crippen molar-refractivity contribution >= 4 is 27.0 Å². The van der Waals surface area contributed by atoms with Gasteiger partial charge in [-0.1, -0.05) is 0 Å². The molecule has 2 fully saturated rings. The number of piperidine rings is 1. The van der Waals surface area contributed by atoms with Crippen LogP contribution in [0.4, 0.5) is 0 Å². The molecule has 1 aromatic heterocycles. The maximum absolute atomic E-state index is 13.0. The number of rotatable bonds is 4. The summed E-state index contributed by atoms with van der Waals surface area (Å²) >= 11 is 0. The third-order valence-electron chi connectivity index (χ3n) is 5.90. The zero-order chi connectivity index (χ0) is 19.9. The predicted molar refractivity (Wildman–Crippen MR) is 103 cm³/mol. The highest BCUT2D eigenvalue weighted by Crippen LogP contribution is 2.28. The maximum Gasteiger partial charge on any atom is 0.419 e. The number of carbonyl (C=O) groups excluding carboxylic acids is 1. The van der Waals surface area contributed by atoms with E-state index in [1.165, 1.54) is 21.0 Å². The molecular formula is C19H25N3O5S. The number of hydrogen-bond donors (Lipinski definition) is 0. The van der Waals surface area contributed by atoms with Crippen molar-refractivity contribution < 1.29 is 17.6 Å². The number of carbonyl (C=O) groups is 1. The third-order valence-corrected chi connectivity index (χ3v) is 7.79. The van der Waals surface area contributed by atoms with Crippen molar-refractivity contribution in [2.24, 2.45) is 13.0 Å². The van der Waals surface area contributed by atoms with Crippen LogP contribution >= 0.6 is 0 Å². The molecule has 152 valence electrons. The number of nitrogens with zero attached hydrogens (tertiary/aromatic N) is 3. The highest BCUT2D eigenvalue weighted by Gasteiger charge is 2.31. The normalized spacial score (nSPS) is 19.5. The van der Waals surface area contributed by atoms with Gasteiger partial charge in [0, 0.05) is 45.7 Å². The number of likely N-dealkylation sites (tertiary alicyclic amines) is 1. The van der Waals surface area contributed by atoms with Gasteiger partial charge >= 0.3 is 5.76 Å². The second-order valence-electron chi connectivity index (χ2n) is 7.70. The van der Waals surface area contributed by atoms with Crippen LogP contribution in [0.25, 0.3) is 11.1 Å². The minimum absolute atomic E-state index is 0.126. The van der Waals surface area contributed by atoms with Crippen molar-refractivity contribution in [1.82, 2.24) is 13.8 Å². The van der Waals surface area contributed by atoms with Crippen molar-refractivity contribution in [1.29, 1.82) is 0 Å². The molecule has 8 nitrogen and oxygen atoms in total. The summed E-state index contributed by atoms with van der Waals surface area (Å²) in [5.41, 5.74) is 0.822. The standard InChI is InChI=1S/C19H25N3O5S/c1-20-16-5-4-15(13-17(16)27-19(20)24)28(25,26)22-10-6-14(7-11-22)12-18(23)21-8-2-3-9-21/h4-5,13-14H,2-3,6-12H2,1H3. The van der Waals surface area contributed by atoms with Gasteiger partial charge in [-0.05, 0) is 43.7 Å². The van der Waals surface area contributed by atoms with Gasteiger partial charge in [0.05, 0.1) is 10.4 Å². The van der Waals surface area contributed by atoms with Gasteiger partial charge in [0.15, 0.2) is 5.58 Å². The topological polar surface area (TPSA) is 92.8 Å². The van der Waals surface area contributed by atoms with Gasteiger partial charge in [0.25, 0.3) is 0 Å². The summed E-state index contributed by atoms with van der Waals surface area (Å²) in [6.45, 7) is 2.50. The van der Waals surface area contributed by atoms with Crippen LogP contribution in [0.5, 0.6) is 0 Å². The van der Waals surface area contributed by atoms with Gasteiger partial charge in [-0.2, -0.15) is 4.31 Å². The number of oxazole rings is 1. The summed E-state index contributed by atoms with van der Waals surface area (Å²) in [6.07, 6.45) is 4.03. The Kier molecular flexibility index (Phi) is 5.05. The zero-order valence-electron chi connectivity index (χ0n) is 16.0. The van der Waals surface area contributed by atoms with E-state index in [1.54, 1.807) is 13.1 Å². The van der Waals surface area contributed by atoms with Gasteiger partial charge in [0.1, 0.15) is 0 Å². The Morgan fingerprint density at radius 2 is 1.82 bits per heavy atom. The van der Waals surface area contributed by atoms with E-state index in [-0.39, 0.29) is 22.3 Å². The lowest BCUT2D eigenvalue weighted by Crippen LogP contribution is -2.40. The Hall–Kier alpha value is -2.13. The maximum atomic E-state index is 13.0. The molecule has 2 aliphatic rings. The smallest absolute Gasteiger partial charge is 0.408 e. The SMILES string of the molecule is Cn1c(=O)oc2cc(S(=O)(=O)N3CCC(CC(=O)N4CCCC4)CC3)ccc21. The van der Waals surface area contributed by atoms with E-state index in [0.717, 1.165) is 25.9 Å².